The monoisotopic (exact) mass is 430 g/mol. The second kappa shape index (κ2) is 8.39. The zero-order valence-corrected chi connectivity index (χ0v) is 18.0. The number of rotatable bonds is 7. The Morgan fingerprint density at radius 1 is 0.968 bits per heavy atom. The molecule has 0 atom stereocenters. The van der Waals surface area contributed by atoms with Crippen LogP contribution in [0.5, 0.6) is 0 Å². The molecule has 0 bridgehead atoms. The summed E-state index contributed by atoms with van der Waals surface area (Å²) in [5, 5.41) is 1.56. The maximum absolute atomic E-state index is 13.3. The second-order valence-electron chi connectivity index (χ2n) is 7.39. The fraction of sp³-hybridized carbons (Fsp3) is 0.217. The van der Waals surface area contributed by atoms with Crippen LogP contribution in [0, 0.1) is 0 Å². The third kappa shape index (κ3) is 3.86. The van der Waals surface area contributed by atoms with Crippen LogP contribution in [0.1, 0.15) is 12.2 Å². The molecule has 5 aromatic rings. The van der Waals surface area contributed by atoms with E-state index < -0.39 is 0 Å². The summed E-state index contributed by atoms with van der Waals surface area (Å²) in [7, 11) is 1.96. The van der Waals surface area contributed by atoms with Crippen molar-refractivity contribution in [3.8, 4) is 0 Å². The summed E-state index contributed by atoms with van der Waals surface area (Å²) in [5.74, 6) is 1.35. The van der Waals surface area contributed by atoms with Gasteiger partial charge in [-0.15, -0.1) is 0 Å². The Labute approximate surface area is 183 Å². The van der Waals surface area contributed by atoms with Crippen LogP contribution in [0.25, 0.3) is 21.9 Å². The van der Waals surface area contributed by atoms with Gasteiger partial charge in [-0.2, -0.15) is 0 Å². The van der Waals surface area contributed by atoms with Gasteiger partial charge in [-0.25, -0.2) is 15.0 Å². The maximum atomic E-state index is 13.3. The van der Waals surface area contributed by atoms with Crippen molar-refractivity contribution >= 4 is 33.7 Å². The van der Waals surface area contributed by atoms with Gasteiger partial charge in [0.1, 0.15) is 5.82 Å². The van der Waals surface area contributed by atoms with Crippen LogP contribution in [0.2, 0.25) is 0 Å². The molecule has 0 amide bonds. The van der Waals surface area contributed by atoms with Crippen LogP contribution >= 0.6 is 11.8 Å². The fourth-order valence-electron chi connectivity index (χ4n) is 3.76. The van der Waals surface area contributed by atoms with E-state index in [0.717, 1.165) is 40.5 Å². The minimum atomic E-state index is 0.0107. The molecule has 0 spiro atoms. The number of aromatic nitrogens is 6. The predicted molar refractivity (Wildman–Crippen MR) is 123 cm³/mol. The number of thioether (sulfide) groups is 1. The van der Waals surface area contributed by atoms with Gasteiger partial charge >= 0.3 is 0 Å². The predicted octanol–water partition coefficient (Wildman–Crippen LogP) is 3.86. The lowest BCUT2D eigenvalue weighted by atomic mass is 10.2. The van der Waals surface area contributed by atoms with Crippen LogP contribution in [-0.2, 0) is 25.9 Å². The molecular weight excluding hydrogens is 408 g/mol. The highest BCUT2D eigenvalue weighted by atomic mass is 32.2. The smallest absolute Gasteiger partial charge is 0.261 e. The van der Waals surface area contributed by atoms with E-state index in [1.807, 2.05) is 71.2 Å². The summed E-state index contributed by atoms with van der Waals surface area (Å²) in [6.07, 6.45) is 6.36. The highest BCUT2D eigenvalue weighted by Crippen LogP contribution is 2.21. The lowest BCUT2D eigenvalue weighted by Crippen LogP contribution is -2.25. The first-order chi connectivity index (χ1) is 15.2. The number of imidazole rings is 2. The summed E-state index contributed by atoms with van der Waals surface area (Å²) >= 11 is 1.59. The highest BCUT2D eigenvalue weighted by Gasteiger charge is 2.13. The minimum absolute atomic E-state index is 0.0107. The van der Waals surface area contributed by atoms with Crippen molar-refractivity contribution in [2.45, 2.75) is 30.4 Å². The van der Waals surface area contributed by atoms with Crippen molar-refractivity contribution in [2.75, 3.05) is 0 Å². The van der Waals surface area contributed by atoms with Crippen molar-refractivity contribution in [3.05, 3.63) is 83.4 Å². The molecule has 0 saturated heterocycles. The van der Waals surface area contributed by atoms with E-state index >= 15 is 0 Å². The number of fused-ring (bicyclic) bond motifs is 2. The minimum Gasteiger partial charge on any atom is -0.331 e. The summed E-state index contributed by atoms with van der Waals surface area (Å²) in [6.45, 7) is 1.38. The SMILES string of the molecule is Cn1ccnc1SCc1nc2ccccc2c(=O)n1CCCn1cnc2ccccc21. The van der Waals surface area contributed by atoms with E-state index in [0.29, 0.717) is 17.7 Å². The molecule has 5 rings (SSSR count). The number of hydrogen-bond donors (Lipinski definition) is 0. The van der Waals surface area contributed by atoms with Gasteiger partial charge in [0.25, 0.3) is 5.56 Å². The van der Waals surface area contributed by atoms with Gasteiger partial charge in [0.05, 0.1) is 34.0 Å². The lowest BCUT2D eigenvalue weighted by molar-refractivity contribution is 0.545. The van der Waals surface area contributed by atoms with Crippen LogP contribution in [0.15, 0.2) is 77.2 Å². The molecule has 8 heteroatoms. The van der Waals surface area contributed by atoms with Gasteiger partial charge in [-0.3, -0.25) is 9.36 Å². The van der Waals surface area contributed by atoms with E-state index in [1.165, 1.54) is 0 Å². The summed E-state index contributed by atoms with van der Waals surface area (Å²) in [4.78, 5) is 26.9. The molecule has 0 aliphatic carbocycles. The molecule has 0 saturated carbocycles. The van der Waals surface area contributed by atoms with Crippen LogP contribution in [0.4, 0.5) is 0 Å². The van der Waals surface area contributed by atoms with Crippen molar-refractivity contribution in [1.82, 2.24) is 28.7 Å². The van der Waals surface area contributed by atoms with Crippen molar-refractivity contribution in [3.63, 3.8) is 0 Å². The van der Waals surface area contributed by atoms with Crippen molar-refractivity contribution < 1.29 is 0 Å². The molecule has 2 aromatic carbocycles. The zero-order chi connectivity index (χ0) is 21.2. The molecule has 3 heterocycles. The van der Waals surface area contributed by atoms with Gasteiger partial charge in [-0.05, 0) is 30.7 Å². The quantitative estimate of drug-likeness (QED) is 0.367. The topological polar surface area (TPSA) is 70.5 Å². The Kier molecular flexibility index (Phi) is 5.30. The molecule has 0 N–H and O–H groups in total. The van der Waals surface area contributed by atoms with E-state index in [2.05, 4.69) is 20.6 Å². The molecule has 7 nitrogen and oxygen atoms in total. The number of benzene rings is 2. The molecule has 0 radical (unpaired) electrons. The van der Waals surface area contributed by atoms with Gasteiger partial charge in [0, 0.05) is 32.5 Å². The number of para-hydroxylation sites is 3. The summed E-state index contributed by atoms with van der Waals surface area (Å²) < 4.78 is 5.92. The summed E-state index contributed by atoms with van der Waals surface area (Å²) in [6, 6.07) is 15.6. The Bertz CT molecular complexity index is 1420. The molecule has 0 aliphatic heterocycles. The van der Waals surface area contributed by atoms with Crippen molar-refractivity contribution in [1.29, 1.82) is 0 Å². The van der Waals surface area contributed by atoms with Gasteiger partial charge < -0.3 is 9.13 Å². The summed E-state index contributed by atoms with van der Waals surface area (Å²) in [5.41, 5.74) is 2.84. The van der Waals surface area contributed by atoms with Crippen molar-refractivity contribution in [2.24, 2.45) is 7.05 Å². The first-order valence-corrected chi connectivity index (χ1v) is 11.2. The molecule has 156 valence electrons. The third-order valence-corrected chi connectivity index (χ3v) is 6.41. The molecule has 3 aromatic heterocycles. The number of aryl methyl sites for hydroxylation is 2. The standard InChI is InChI=1S/C23H22N6OS/c1-27-14-11-24-23(27)31-15-21-26-18-8-3-2-7-17(18)22(30)29(21)13-6-12-28-16-25-19-9-4-5-10-20(19)28/h2-5,7-11,14,16H,6,12-13,15H2,1H3. The first kappa shape index (κ1) is 19.6. The van der Waals surface area contributed by atoms with Crippen LogP contribution in [-0.4, -0.2) is 28.7 Å². The number of nitrogens with zero attached hydrogens (tertiary/aromatic N) is 6. The Morgan fingerprint density at radius 3 is 2.61 bits per heavy atom. The van der Waals surface area contributed by atoms with Crippen LogP contribution in [0.3, 0.4) is 0 Å². The van der Waals surface area contributed by atoms with E-state index in [9.17, 15) is 4.79 Å². The van der Waals surface area contributed by atoms with E-state index in [1.54, 1.807) is 18.0 Å². The van der Waals surface area contributed by atoms with Crippen LogP contribution < -0.4 is 5.56 Å². The molecule has 0 aliphatic rings. The molecular formula is C23H22N6OS. The third-order valence-electron chi connectivity index (χ3n) is 5.36. The molecule has 0 fully saturated rings. The largest absolute Gasteiger partial charge is 0.331 e. The van der Waals surface area contributed by atoms with Gasteiger partial charge in [0.2, 0.25) is 0 Å². The maximum Gasteiger partial charge on any atom is 0.261 e. The normalized spacial score (nSPS) is 11.5. The van der Waals surface area contributed by atoms with E-state index in [-0.39, 0.29) is 5.56 Å². The average molecular weight is 431 g/mol. The molecule has 0 unspecified atom stereocenters. The second-order valence-corrected chi connectivity index (χ2v) is 8.33. The lowest BCUT2D eigenvalue weighted by Gasteiger charge is -2.14. The Hall–Kier alpha value is -3.39. The Morgan fingerprint density at radius 2 is 1.77 bits per heavy atom. The first-order valence-electron chi connectivity index (χ1n) is 10.2. The molecule has 31 heavy (non-hydrogen) atoms. The average Bonchev–Trinajstić information content (AvgIpc) is 3.40. The number of hydrogen-bond acceptors (Lipinski definition) is 5. The van der Waals surface area contributed by atoms with E-state index in [4.69, 9.17) is 4.98 Å². The Balaban J connectivity index is 1.42. The highest BCUT2D eigenvalue weighted by molar-refractivity contribution is 7.98. The van der Waals surface area contributed by atoms with Gasteiger partial charge in [0.15, 0.2) is 5.16 Å². The fourth-order valence-corrected chi connectivity index (χ4v) is 4.64. The zero-order valence-electron chi connectivity index (χ0n) is 17.2. The van der Waals surface area contributed by atoms with Gasteiger partial charge in [-0.1, -0.05) is 36.0 Å².